The van der Waals surface area contributed by atoms with Gasteiger partial charge in [0.25, 0.3) is 0 Å². The molecule has 3 nitrogen and oxygen atoms in total. The fourth-order valence-corrected chi connectivity index (χ4v) is 1.92. The van der Waals surface area contributed by atoms with Crippen molar-refractivity contribution in [1.82, 2.24) is 0 Å². The Morgan fingerprint density at radius 1 is 1.38 bits per heavy atom. The number of anilines is 1. The van der Waals surface area contributed by atoms with Crippen molar-refractivity contribution >= 4 is 5.69 Å². The van der Waals surface area contributed by atoms with E-state index in [4.69, 9.17) is 10.5 Å². The molecule has 1 aliphatic carbocycles. The number of benzene rings is 1. The lowest BCUT2D eigenvalue weighted by Gasteiger charge is -2.17. The highest BCUT2D eigenvalue weighted by atomic mass is 16.5. The summed E-state index contributed by atoms with van der Waals surface area (Å²) in [7, 11) is 1.70. The largest absolute Gasteiger partial charge is 0.495 e. The monoisotopic (exact) mass is 220 g/mol. The maximum atomic E-state index is 6.06. The van der Waals surface area contributed by atoms with Crippen LogP contribution >= 0.6 is 0 Å². The van der Waals surface area contributed by atoms with Gasteiger partial charge < -0.3 is 15.8 Å². The van der Waals surface area contributed by atoms with Gasteiger partial charge in [0.1, 0.15) is 5.75 Å². The first-order valence-electron chi connectivity index (χ1n) is 5.72. The first kappa shape index (κ1) is 11.3. The number of aryl methyl sites for hydroxylation is 2. The second-order valence-electron chi connectivity index (χ2n) is 4.88. The van der Waals surface area contributed by atoms with Crippen molar-refractivity contribution in [2.75, 3.05) is 19.0 Å². The molecule has 1 aliphatic rings. The maximum Gasteiger partial charge on any atom is 0.142 e. The molecular formula is C13H20N2O. The fraction of sp³-hybridized carbons (Fsp3) is 0.538. The van der Waals surface area contributed by atoms with Crippen molar-refractivity contribution in [3.05, 3.63) is 23.3 Å². The minimum atomic E-state index is 0.0162. The summed E-state index contributed by atoms with van der Waals surface area (Å²) in [4.78, 5) is 0. The van der Waals surface area contributed by atoms with Gasteiger partial charge in [-0.1, -0.05) is 6.07 Å². The van der Waals surface area contributed by atoms with E-state index in [2.05, 4.69) is 25.2 Å². The third kappa shape index (κ3) is 2.30. The fourth-order valence-electron chi connectivity index (χ4n) is 1.92. The zero-order valence-corrected chi connectivity index (χ0v) is 10.3. The van der Waals surface area contributed by atoms with E-state index >= 15 is 0 Å². The van der Waals surface area contributed by atoms with E-state index in [0.717, 1.165) is 30.8 Å². The molecule has 0 aromatic heterocycles. The minimum Gasteiger partial charge on any atom is -0.495 e. The molecule has 0 unspecified atom stereocenters. The van der Waals surface area contributed by atoms with Gasteiger partial charge in [0.05, 0.1) is 12.8 Å². The van der Waals surface area contributed by atoms with E-state index in [1.165, 1.54) is 11.1 Å². The van der Waals surface area contributed by atoms with Crippen LogP contribution in [0, 0.1) is 13.8 Å². The lowest BCUT2D eigenvalue weighted by Crippen LogP contribution is -2.31. The third-order valence-electron chi connectivity index (χ3n) is 3.17. The molecule has 2 rings (SSSR count). The van der Waals surface area contributed by atoms with E-state index < -0.39 is 0 Å². The highest BCUT2D eigenvalue weighted by molar-refractivity contribution is 5.63. The van der Waals surface area contributed by atoms with Crippen LogP contribution in [0.5, 0.6) is 5.75 Å². The molecule has 0 amide bonds. The number of hydrogen-bond acceptors (Lipinski definition) is 3. The van der Waals surface area contributed by atoms with Gasteiger partial charge in [-0.3, -0.25) is 0 Å². The zero-order chi connectivity index (χ0) is 11.8. The summed E-state index contributed by atoms with van der Waals surface area (Å²) in [5.41, 5.74) is 9.58. The molecule has 16 heavy (non-hydrogen) atoms. The zero-order valence-electron chi connectivity index (χ0n) is 10.3. The van der Waals surface area contributed by atoms with Crippen molar-refractivity contribution in [3.8, 4) is 5.75 Å². The van der Waals surface area contributed by atoms with Crippen LogP contribution in [0.4, 0.5) is 5.69 Å². The van der Waals surface area contributed by atoms with Crippen molar-refractivity contribution in [1.29, 1.82) is 0 Å². The number of nitrogens with one attached hydrogen (secondary N) is 1. The summed E-state index contributed by atoms with van der Waals surface area (Å²) in [6, 6.07) is 4.20. The Morgan fingerprint density at radius 3 is 2.62 bits per heavy atom. The van der Waals surface area contributed by atoms with Gasteiger partial charge in [-0.25, -0.2) is 0 Å². The van der Waals surface area contributed by atoms with Gasteiger partial charge in [-0.15, -0.1) is 0 Å². The Kier molecular flexibility index (Phi) is 2.80. The molecule has 1 fully saturated rings. The topological polar surface area (TPSA) is 47.3 Å². The molecule has 0 atom stereocenters. The van der Waals surface area contributed by atoms with Gasteiger partial charge in [-0.05, 0) is 43.9 Å². The van der Waals surface area contributed by atoms with Crippen molar-refractivity contribution < 1.29 is 4.74 Å². The standard InChI is InChI=1S/C13H20N2O/c1-9-6-10(2)12(11(7-9)16-3)15-8-13(14)4-5-13/h6-7,15H,4-5,8,14H2,1-3H3. The average Bonchev–Trinajstić information content (AvgIpc) is 2.94. The molecule has 0 bridgehead atoms. The second kappa shape index (κ2) is 3.98. The quantitative estimate of drug-likeness (QED) is 0.818. The molecule has 0 heterocycles. The summed E-state index contributed by atoms with van der Waals surface area (Å²) >= 11 is 0. The van der Waals surface area contributed by atoms with E-state index in [9.17, 15) is 0 Å². The summed E-state index contributed by atoms with van der Waals surface area (Å²) in [6.45, 7) is 4.99. The molecule has 0 spiro atoms. The Bertz CT molecular complexity index is 397. The summed E-state index contributed by atoms with van der Waals surface area (Å²) in [5, 5.41) is 3.41. The first-order valence-corrected chi connectivity index (χ1v) is 5.72. The van der Waals surface area contributed by atoms with Crippen LogP contribution in [0.25, 0.3) is 0 Å². The predicted molar refractivity (Wildman–Crippen MR) is 67.1 cm³/mol. The van der Waals surface area contributed by atoms with Gasteiger partial charge in [0.2, 0.25) is 0 Å². The van der Waals surface area contributed by atoms with Crippen molar-refractivity contribution in [3.63, 3.8) is 0 Å². The Morgan fingerprint density at radius 2 is 2.06 bits per heavy atom. The average molecular weight is 220 g/mol. The molecule has 88 valence electrons. The van der Waals surface area contributed by atoms with E-state index in [1.54, 1.807) is 7.11 Å². The molecule has 1 saturated carbocycles. The summed E-state index contributed by atoms with van der Waals surface area (Å²) in [5.74, 6) is 0.904. The summed E-state index contributed by atoms with van der Waals surface area (Å²) < 4.78 is 5.39. The van der Waals surface area contributed by atoms with E-state index in [1.807, 2.05) is 6.07 Å². The van der Waals surface area contributed by atoms with Crippen LogP contribution in [0.15, 0.2) is 12.1 Å². The van der Waals surface area contributed by atoms with Crippen LogP contribution in [-0.2, 0) is 0 Å². The third-order valence-corrected chi connectivity index (χ3v) is 3.17. The van der Waals surface area contributed by atoms with Crippen LogP contribution in [0.2, 0.25) is 0 Å². The molecule has 1 aromatic carbocycles. The van der Waals surface area contributed by atoms with Crippen LogP contribution in [-0.4, -0.2) is 19.2 Å². The number of methoxy groups -OCH3 is 1. The number of ether oxygens (including phenoxy) is 1. The van der Waals surface area contributed by atoms with Crippen LogP contribution < -0.4 is 15.8 Å². The SMILES string of the molecule is COc1cc(C)cc(C)c1NCC1(N)CC1. The highest BCUT2D eigenvalue weighted by Gasteiger charge is 2.37. The Labute approximate surface area is 97.0 Å². The number of hydrogen-bond donors (Lipinski definition) is 2. The minimum absolute atomic E-state index is 0.0162. The normalized spacial score (nSPS) is 17.0. The van der Waals surface area contributed by atoms with Gasteiger partial charge in [0, 0.05) is 12.1 Å². The predicted octanol–water partition coefficient (Wildman–Crippen LogP) is 2.22. The van der Waals surface area contributed by atoms with Gasteiger partial charge in [-0.2, -0.15) is 0 Å². The van der Waals surface area contributed by atoms with Crippen LogP contribution in [0.3, 0.4) is 0 Å². The number of rotatable bonds is 4. The lowest BCUT2D eigenvalue weighted by molar-refractivity contribution is 0.415. The molecule has 0 aliphatic heterocycles. The number of nitrogens with two attached hydrogens (primary N) is 1. The molecule has 0 radical (unpaired) electrons. The first-order chi connectivity index (χ1) is 7.54. The van der Waals surface area contributed by atoms with E-state index in [0.29, 0.717) is 0 Å². The molecule has 3 N–H and O–H groups in total. The molecular weight excluding hydrogens is 200 g/mol. The molecule has 0 saturated heterocycles. The molecule has 1 aromatic rings. The van der Waals surface area contributed by atoms with Crippen LogP contribution in [0.1, 0.15) is 24.0 Å². The van der Waals surface area contributed by atoms with E-state index in [-0.39, 0.29) is 5.54 Å². The molecule has 3 heteroatoms. The summed E-state index contributed by atoms with van der Waals surface area (Å²) in [6.07, 6.45) is 2.24. The Balaban J connectivity index is 2.17. The van der Waals surface area contributed by atoms with Gasteiger partial charge >= 0.3 is 0 Å². The maximum absolute atomic E-state index is 6.06. The second-order valence-corrected chi connectivity index (χ2v) is 4.88. The Hall–Kier alpha value is -1.22. The van der Waals surface area contributed by atoms with Crippen molar-refractivity contribution in [2.24, 2.45) is 5.73 Å². The van der Waals surface area contributed by atoms with Crippen molar-refractivity contribution in [2.45, 2.75) is 32.2 Å². The van der Waals surface area contributed by atoms with Gasteiger partial charge in [0.15, 0.2) is 0 Å². The highest BCUT2D eigenvalue weighted by Crippen LogP contribution is 2.35. The smallest absolute Gasteiger partial charge is 0.142 e. The lowest BCUT2D eigenvalue weighted by atomic mass is 10.1.